The van der Waals surface area contributed by atoms with Gasteiger partial charge in [0.2, 0.25) is 0 Å². The number of aliphatic hydroxyl groups is 1. The number of hydrogen-bond donors (Lipinski definition) is 1. The molecule has 1 aliphatic heterocycles. The summed E-state index contributed by atoms with van der Waals surface area (Å²) in [6.07, 6.45) is -0.327. The Labute approximate surface area is 129 Å². The molecule has 2 heterocycles. The van der Waals surface area contributed by atoms with Gasteiger partial charge in [-0.25, -0.2) is 4.98 Å². The van der Waals surface area contributed by atoms with Gasteiger partial charge in [0, 0.05) is 17.8 Å². The molecule has 21 heavy (non-hydrogen) atoms. The number of amides is 1. The molecular weight excluding hydrogens is 292 g/mol. The fraction of sp³-hybridized carbons (Fsp3) is 0.600. The summed E-state index contributed by atoms with van der Waals surface area (Å²) in [7, 11) is 0. The molecular formula is C15H21ClN2O3. The number of rotatable bonds is 3. The Hall–Kier alpha value is -1.17. The lowest BCUT2D eigenvalue weighted by Gasteiger charge is -2.37. The molecule has 1 aliphatic rings. The van der Waals surface area contributed by atoms with Crippen LogP contribution in [0.25, 0.3) is 0 Å². The van der Waals surface area contributed by atoms with E-state index in [9.17, 15) is 9.90 Å². The standard InChI is InChI=1S/C15H21ClN2O3/c1-9(2)13-4-11(5-14(16)17-13)15(20)18-6-12(7-19)21-8-10(18)3/h4-5,9-10,12,19H,6-8H2,1-3H3. The van der Waals surface area contributed by atoms with Gasteiger partial charge in [-0.2, -0.15) is 0 Å². The maximum absolute atomic E-state index is 12.7. The molecule has 1 aromatic rings. The average Bonchev–Trinajstić information content (AvgIpc) is 2.46. The molecule has 0 radical (unpaired) electrons. The van der Waals surface area contributed by atoms with Gasteiger partial charge < -0.3 is 14.7 Å². The highest BCUT2D eigenvalue weighted by Crippen LogP contribution is 2.21. The van der Waals surface area contributed by atoms with Crippen LogP contribution in [0.3, 0.4) is 0 Å². The van der Waals surface area contributed by atoms with Crippen LogP contribution in [-0.4, -0.2) is 52.8 Å². The van der Waals surface area contributed by atoms with Crippen molar-refractivity contribution in [3.05, 3.63) is 28.5 Å². The molecule has 1 N–H and O–H groups in total. The third-order valence-corrected chi connectivity index (χ3v) is 3.82. The fourth-order valence-electron chi connectivity index (χ4n) is 2.31. The maximum atomic E-state index is 12.7. The van der Waals surface area contributed by atoms with Gasteiger partial charge in [-0.15, -0.1) is 0 Å². The Bertz CT molecular complexity index is 522. The lowest BCUT2D eigenvalue weighted by Crippen LogP contribution is -2.52. The number of aromatic nitrogens is 1. The van der Waals surface area contributed by atoms with Crippen molar-refractivity contribution in [1.82, 2.24) is 9.88 Å². The van der Waals surface area contributed by atoms with Crippen LogP contribution in [0.4, 0.5) is 0 Å². The van der Waals surface area contributed by atoms with Gasteiger partial charge in [-0.3, -0.25) is 4.79 Å². The van der Waals surface area contributed by atoms with E-state index in [4.69, 9.17) is 16.3 Å². The van der Waals surface area contributed by atoms with Crippen LogP contribution in [0.5, 0.6) is 0 Å². The zero-order chi connectivity index (χ0) is 15.6. The van der Waals surface area contributed by atoms with E-state index < -0.39 is 0 Å². The van der Waals surface area contributed by atoms with E-state index in [1.54, 1.807) is 17.0 Å². The molecule has 0 aromatic carbocycles. The molecule has 2 atom stereocenters. The van der Waals surface area contributed by atoms with Crippen molar-refractivity contribution in [3.8, 4) is 0 Å². The molecule has 0 aliphatic carbocycles. The van der Waals surface area contributed by atoms with E-state index >= 15 is 0 Å². The van der Waals surface area contributed by atoms with Crippen molar-refractivity contribution in [2.24, 2.45) is 0 Å². The van der Waals surface area contributed by atoms with E-state index in [0.717, 1.165) is 5.69 Å². The minimum absolute atomic E-state index is 0.0326. The van der Waals surface area contributed by atoms with Crippen molar-refractivity contribution in [2.45, 2.75) is 38.8 Å². The van der Waals surface area contributed by atoms with E-state index in [2.05, 4.69) is 4.98 Å². The van der Waals surface area contributed by atoms with E-state index in [-0.39, 0.29) is 30.6 Å². The number of halogens is 1. The van der Waals surface area contributed by atoms with Gasteiger partial charge in [0.15, 0.2) is 0 Å². The number of hydrogen-bond acceptors (Lipinski definition) is 4. The second kappa shape index (κ2) is 6.73. The summed E-state index contributed by atoms with van der Waals surface area (Å²) in [5.74, 6) is 0.0954. The largest absolute Gasteiger partial charge is 0.394 e. The van der Waals surface area contributed by atoms with Crippen LogP contribution in [-0.2, 0) is 4.74 Å². The van der Waals surface area contributed by atoms with Gasteiger partial charge in [0.05, 0.1) is 25.4 Å². The maximum Gasteiger partial charge on any atom is 0.254 e. The molecule has 2 rings (SSSR count). The van der Waals surface area contributed by atoms with Gasteiger partial charge >= 0.3 is 0 Å². The Kier molecular flexibility index (Phi) is 5.19. The van der Waals surface area contributed by atoms with Crippen molar-refractivity contribution in [2.75, 3.05) is 19.8 Å². The van der Waals surface area contributed by atoms with E-state index in [0.29, 0.717) is 23.9 Å². The summed E-state index contributed by atoms with van der Waals surface area (Å²) >= 11 is 6.02. The highest BCUT2D eigenvalue weighted by molar-refractivity contribution is 6.29. The van der Waals surface area contributed by atoms with Gasteiger partial charge in [0.25, 0.3) is 5.91 Å². The molecule has 6 heteroatoms. The lowest BCUT2D eigenvalue weighted by molar-refractivity contribution is -0.0667. The minimum Gasteiger partial charge on any atom is -0.394 e. The van der Waals surface area contributed by atoms with Crippen LogP contribution >= 0.6 is 11.6 Å². The Morgan fingerprint density at radius 1 is 1.57 bits per heavy atom. The van der Waals surface area contributed by atoms with Crippen LogP contribution in [0.2, 0.25) is 5.15 Å². The second-order valence-electron chi connectivity index (χ2n) is 5.70. The number of carbonyl (C=O) groups excluding carboxylic acids is 1. The average molecular weight is 313 g/mol. The van der Waals surface area contributed by atoms with Crippen molar-refractivity contribution >= 4 is 17.5 Å². The SMILES string of the molecule is CC(C)c1cc(C(=O)N2CC(CO)OCC2C)cc(Cl)n1. The van der Waals surface area contributed by atoms with Gasteiger partial charge in [0.1, 0.15) is 5.15 Å². The first-order chi connectivity index (χ1) is 9.92. The number of morpholine rings is 1. The fourth-order valence-corrected chi connectivity index (χ4v) is 2.53. The van der Waals surface area contributed by atoms with E-state index in [1.807, 2.05) is 20.8 Å². The minimum atomic E-state index is -0.327. The first-order valence-corrected chi connectivity index (χ1v) is 7.51. The quantitative estimate of drug-likeness (QED) is 0.868. The van der Waals surface area contributed by atoms with Crippen molar-refractivity contribution in [3.63, 3.8) is 0 Å². The molecule has 0 saturated carbocycles. The molecule has 5 nitrogen and oxygen atoms in total. The summed E-state index contributed by atoms with van der Waals surface area (Å²) < 4.78 is 5.46. The third kappa shape index (κ3) is 3.73. The number of aliphatic hydroxyl groups excluding tert-OH is 1. The number of nitrogens with zero attached hydrogens (tertiary/aromatic N) is 2. The lowest BCUT2D eigenvalue weighted by atomic mass is 10.1. The molecule has 1 fully saturated rings. The summed E-state index contributed by atoms with van der Waals surface area (Å²) in [5.41, 5.74) is 1.33. The molecule has 1 aromatic heterocycles. The normalized spacial score (nSPS) is 22.7. The van der Waals surface area contributed by atoms with Gasteiger partial charge in [-0.05, 0) is 25.0 Å². The summed E-state index contributed by atoms with van der Waals surface area (Å²) in [5, 5.41) is 9.54. The molecule has 0 spiro atoms. The zero-order valence-corrected chi connectivity index (χ0v) is 13.3. The summed E-state index contributed by atoms with van der Waals surface area (Å²) in [6.45, 7) is 6.65. The van der Waals surface area contributed by atoms with Crippen LogP contribution < -0.4 is 0 Å². The predicted octanol–water partition coefficient (Wildman–Crippen LogP) is 2.08. The molecule has 116 valence electrons. The first kappa shape index (κ1) is 16.2. The Morgan fingerprint density at radius 3 is 2.90 bits per heavy atom. The zero-order valence-electron chi connectivity index (χ0n) is 12.5. The summed E-state index contributed by atoms with van der Waals surface area (Å²) in [6, 6.07) is 3.34. The second-order valence-corrected chi connectivity index (χ2v) is 6.09. The third-order valence-electron chi connectivity index (χ3n) is 3.62. The number of carbonyl (C=O) groups is 1. The van der Waals surface area contributed by atoms with Crippen LogP contribution in [0, 0.1) is 0 Å². The number of ether oxygens (including phenoxy) is 1. The molecule has 2 unspecified atom stereocenters. The number of pyridine rings is 1. The van der Waals surface area contributed by atoms with Crippen molar-refractivity contribution < 1.29 is 14.6 Å². The van der Waals surface area contributed by atoms with Crippen LogP contribution in [0.15, 0.2) is 12.1 Å². The Morgan fingerprint density at radius 2 is 2.29 bits per heavy atom. The van der Waals surface area contributed by atoms with Crippen molar-refractivity contribution in [1.29, 1.82) is 0 Å². The highest BCUT2D eigenvalue weighted by Gasteiger charge is 2.30. The Balaban J connectivity index is 2.26. The smallest absolute Gasteiger partial charge is 0.254 e. The topological polar surface area (TPSA) is 62.7 Å². The monoisotopic (exact) mass is 312 g/mol. The molecule has 1 amide bonds. The first-order valence-electron chi connectivity index (χ1n) is 7.13. The molecule has 1 saturated heterocycles. The summed E-state index contributed by atoms with van der Waals surface area (Å²) in [4.78, 5) is 18.7. The van der Waals surface area contributed by atoms with Gasteiger partial charge in [-0.1, -0.05) is 25.4 Å². The predicted molar refractivity (Wildman–Crippen MR) is 80.7 cm³/mol. The van der Waals surface area contributed by atoms with Crippen LogP contribution in [0.1, 0.15) is 42.7 Å². The highest BCUT2D eigenvalue weighted by atomic mass is 35.5. The molecule has 0 bridgehead atoms. The van der Waals surface area contributed by atoms with E-state index in [1.165, 1.54) is 0 Å².